The van der Waals surface area contributed by atoms with Crippen LogP contribution in [0.3, 0.4) is 0 Å². The Balaban J connectivity index is 0.00000145. The van der Waals surface area contributed by atoms with Crippen molar-refractivity contribution in [3.63, 3.8) is 0 Å². The van der Waals surface area contributed by atoms with Gasteiger partial charge in [0.25, 0.3) is 0 Å². The molecule has 0 amide bonds. The van der Waals surface area contributed by atoms with Crippen LogP contribution in [-0.2, 0) is 0 Å². The van der Waals surface area contributed by atoms with Crippen molar-refractivity contribution in [1.29, 1.82) is 0 Å². The second kappa shape index (κ2) is 11.2. The zero-order valence-corrected chi connectivity index (χ0v) is 21.1. The number of unbranched alkanes of at least 4 members (excludes halogenated alkanes) is 1. The third-order valence-electron chi connectivity index (χ3n) is 8.23. The van der Waals surface area contributed by atoms with Crippen molar-refractivity contribution in [3.05, 3.63) is 23.3 Å². The van der Waals surface area contributed by atoms with Gasteiger partial charge in [-0.25, -0.2) is 0 Å². The van der Waals surface area contributed by atoms with Crippen LogP contribution in [0, 0.1) is 28.6 Å². The molecule has 0 spiro atoms. The lowest BCUT2D eigenvalue weighted by Crippen LogP contribution is -2.33. The summed E-state index contributed by atoms with van der Waals surface area (Å²) in [5.41, 5.74) is 4.65. The number of hydrogen-bond acceptors (Lipinski definition) is 0. The summed E-state index contributed by atoms with van der Waals surface area (Å²) in [6.07, 6.45) is 23.7. The molecule has 4 unspecified atom stereocenters. The zero-order valence-electron chi connectivity index (χ0n) is 21.1. The summed E-state index contributed by atoms with van der Waals surface area (Å²) < 4.78 is 0. The molecule has 0 nitrogen and oxygen atoms in total. The van der Waals surface area contributed by atoms with Crippen LogP contribution in [-0.4, -0.2) is 0 Å². The summed E-state index contributed by atoms with van der Waals surface area (Å²) in [5, 5.41) is 0. The molecule has 0 aromatic heterocycles. The molecule has 3 rings (SSSR count). The Kier molecular flexibility index (Phi) is 9.56. The third kappa shape index (κ3) is 7.00. The number of hydrogen-bond donors (Lipinski definition) is 0. The van der Waals surface area contributed by atoms with Crippen molar-refractivity contribution < 1.29 is 0 Å². The summed E-state index contributed by atoms with van der Waals surface area (Å²) in [4.78, 5) is 0. The lowest BCUT2D eigenvalue weighted by Gasteiger charge is -2.42. The molecule has 0 aliphatic heterocycles. The lowest BCUT2D eigenvalue weighted by atomic mass is 9.62. The van der Waals surface area contributed by atoms with Gasteiger partial charge < -0.3 is 0 Å². The van der Waals surface area contributed by atoms with Gasteiger partial charge >= 0.3 is 0 Å². The summed E-state index contributed by atoms with van der Waals surface area (Å²) in [6.45, 7) is 16.3. The van der Waals surface area contributed by atoms with Gasteiger partial charge in [0.05, 0.1) is 0 Å². The normalized spacial score (nSPS) is 35.3. The predicted molar refractivity (Wildman–Crippen MR) is 131 cm³/mol. The molecule has 0 radical (unpaired) electrons. The van der Waals surface area contributed by atoms with E-state index in [1.807, 2.05) is 19.4 Å². The summed E-state index contributed by atoms with van der Waals surface area (Å²) in [7, 11) is 0. The van der Waals surface area contributed by atoms with Crippen LogP contribution in [0.1, 0.15) is 132 Å². The Bertz CT molecular complexity index is 543. The molecule has 3 aliphatic rings. The Hall–Kier alpha value is -0.520. The molecule has 3 aliphatic carbocycles. The molecule has 4 atom stereocenters. The van der Waals surface area contributed by atoms with E-state index >= 15 is 0 Å². The van der Waals surface area contributed by atoms with Crippen LogP contribution < -0.4 is 0 Å². The Morgan fingerprint density at radius 2 is 1.72 bits per heavy atom. The summed E-state index contributed by atoms with van der Waals surface area (Å²) in [6, 6.07) is 0. The van der Waals surface area contributed by atoms with E-state index in [0.29, 0.717) is 10.8 Å². The fourth-order valence-electron chi connectivity index (χ4n) is 6.57. The first-order valence-corrected chi connectivity index (χ1v) is 13.2. The van der Waals surface area contributed by atoms with Crippen LogP contribution in [0.5, 0.6) is 0 Å². The van der Waals surface area contributed by atoms with Gasteiger partial charge in [0.2, 0.25) is 0 Å². The minimum Gasteiger partial charge on any atom is -0.0700 e. The van der Waals surface area contributed by atoms with Crippen molar-refractivity contribution in [2.24, 2.45) is 28.6 Å². The molecular formula is C29H52. The monoisotopic (exact) mass is 400 g/mol. The highest BCUT2D eigenvalue weighted by Gasteiger charge is 2.48. The van der Waals surface area contributed by atoms with Crippen LogP contribution in [0.15, 0.2) is 23.3 Å². The van der Waals surface area contributed by atoms with Crippen molar-refractivity contribution in [3.8, 4) is 0 Å². The van der Waals surface area contributed by atoms with Gasteiger partial charge in [0, 0.05) is 0 Å². The molecule has 0 aromatic rings. The van der Waals surface area contributed by atoms with E-state index in [1.54, 1.807) is 5.57 Å². The maximum atomic E-state index is 2.65. The molecule has 0 saturated heterocycles. The number of allylic oxidation sites excluding steroid dienone is 4. The van der Waals surface area contributed by atoms with E-state index < -0.39 is 0 Å². The van der Waals surface area contributed by atoms with Gasteiger partial charge in [0.15, 0.2) is 0 Å². The van der Waals surface area contributed by atoms with E-state index in [1.165, 1.54) is 83.5 Å². The Morgan fingerprint density at radius 3 is 2.41 bits per heavy atom. The first-order chi connectivity index (χ1) is 13.8. The van der Waals surface area contributed by atoms with Crippen LogP contribution in [0.2, 0.25) is 0 Å². The van der Waals surface area contributed by atoms with Crippen molar-refractivity contribution >= 4 is 0 Å². The molecular weight excluding hydrogens is 348 g/mol. The maximum absolute atomic E-state index is 2.65. The van der Waals surface area contributed by atoms with Crippen LogP contribution in [0.4, 0.5) is 0 Å². The van der Waals surface area contributed by atoms with E-state index in [9.17, 15) is 0 Å². The average Bonchev–Trinajstić information content (AvgIpc) is 3.01. The van der Waals surface area contributed by atoms with Crippen molar-refractivity contribution in [1.82, 2.24) is 0 Å². The first kappa shape index (κ1) is 24.7. The summed E-state index contributed by atoms with van der Waals surface area (Å²) >= 11 is 0. The molecule has 0 bridgehead atoms. The predicted octanol–water partition coefficient (Wildman–Crippen LogP) is 9.90. The second-order valence-electron chi connectivity index (χ2n) is 11.8. The zero-order chi connectivity index (χ0) is 21.5. The van der Waals surface area contributed by atoms with E-state index in [4.69, 9.17) is 0 Å². The molecule has 0 N–H and O–H groups in total. The van der Waals surface area contributed by atoms with E-state index in [0.717, 1.165) is 17.8 Å². The number of fused-ring (bicyclic) bond motifs is 1. The van der Waals surface area contributed by atoms with Crippen LogP contribution >= 0.6 is 0 Å². The maximum Gasteiger partial charge on any atom is -0.0143 e. The molecule has 29 heavy (non-hydrogen) atoms. The average molecular weight is 401 g/mol. The fraction of sp³-hybridized carbons (Fsp3) is 0.862. The molecule has 0 aromatic carbocycles. The summed E-state index contributed by atoms with van der Waals surface area (Å²) in [5.74, 6) is 2.77. The molecule has 168 valence electrons. The van der Waals surface area contributed by atoms with Crippen LogP contribution in [0.25, 0.3) is 0 Å². The lowest BCUT2D eigenvalue weighted by molar-refractivity contribution is 0.126. The van der Waals surface area contributed by atoms with Gasteiger partial charge in [-0.3, -0.25) is 0 Å². The standard InChI is InChI=1S/C27H46.C2H6/c1-21-10-8-11-22(20-21)14-15-23-12-9-19-27(5)24(16-17-25(23)27)13-6-7-18-26(2,3)4;1-2/h14-15,21,24-25H,6-13,16-20H2,1-5H3;1-2H3/b22-14-,23-15+;. The number of rotatable bonds is 5. The quantitative estimate of drug-likeness (QED) is 0.403. The molecule has 0 heteroatoms. The van der Waals surface area contributed by atoms with E-state index in [2.05, 4.69) is 46.8 Å². The Morgan fingerprint density at radius 1 is 0.966 bits per heavy atom. The van der Waals surface area contributed by atoms with Gasteiger partial charge in [-0.2, -0.15) is 0 Å². The Labute approximate surface area is 184 Å². The highest BCUT2D eigenvalue weighted by molar-refractivity contribution is 5.25. The second-order valence-corrected chi connectivity index (χ2v) is 11.8. The van der Waals surface area contributed by atoms with Gasteiger partial charge in [-0.05, 0) is 92.8 Å². The van der Waals surface area contributed by atoms with Gasteiger partial charge in [-0.15, -0.1) is 0 Å². The van der Waals surface area contributed by atoms with Gasteiger partial charge in [-0.1, -0.05) is 91.0 Å². The largest absolute Gasteiger partial charge is 0.0700 e. The third-order valence-corrected chi connectivity index (χ3v) is 8.23. The van der Waals surface area contributed by atoms with Crippen molar-refractivity contribution in [2.45, 2.75) is 132 Å². The topological polar surface area (TPSA) is 0 Å². The molecule has 0 heterocycles. The highest BCUT2D eigenvalue weighted by atomic mass is 14.5. The van der Waals surface area contributed by atoms with Crippen molar-refractivity contribution in [2.75, 3.05) is 0 Å². The smallest absolute Gasteiger partial charge is 0.0143 e. The molecule has 3 saturated carbocycles. The minimum absolute atomic E-state index is 0.507. The molecule has 3 fully saturated rings. The minimum atomic E-state index is 0.507. The highest BCUT2D eigenvalue weighted by Crippen LogP contribution is 2.58. The van der Waals surface area contributed by atoms with E-state index in [-0.39, 0.29) is 0 Å². The first-order valence-electron chi connectivity index (χ1n) is 13.2. The fourth-order valence-corrected chi connectivity index (χ4v) is 6.57. The van der Waals surface area contributed by atoms with Gasteiger partial charge in [0.1, 0.15) is 0 Å². The SMILES string of the molecule is CC.CC1CCC/C(=C/C=C2\CCCC3(C)C(CCCCC(C)(C)C)CCC23)C1.